The van der Waals surface area contributed by atoms with Gasteiger partial charge in [-0.3, -0.25) is 9.59 Å². The Labute approximate surface area is 136 Å². The minimum Gasteiger partial charge on any atom is -0.366 e. The number of halogens is 2. The maximum atomic E-state index is 13.4. The van der Waals surface area contributed by atoms with Crippen LogP contribution in [0.15, 0.2) is 42.5 Å². The monoisotopic (exact) mass is 336 g/mol. The molecule has 0 saturated heterocycles. The van der Waals surface area contributed by atoms with Gasteiger partial charge in [-0.15, -0.1) is 11.8 Å². The Morgan fingerprint density at radius 2 is 1.78 bits per heavy atom. The van der Waals surface area contributed by atoms with Crippen LogP contribution in [0.1, 0.15) is 15.9 Å². The molecule has 120 valence electrons. The Morgan fingerprint density at radius 1 is 1.09 bits per heavy atom. The number of nitrogens with one attached hydrogen (secondary N) is 1. The third-order valence-corrected chi connectivity index (χ3v) is 3.96. The van der Waals surface area contributed by atoms with E-state index in [9.17, 15) is 18.4 Å². The van der Waals surface area contributed by atoms with Gasteiger partial charge in [0.25, 0.3) is 0 Å². The maximum Gasteiger partial charge on any atom is 0.248 e. The molecular weight excluding hydrogens is 322 g/mol. The minimum atomic E-state index is -0.901. The van der Waals surface area contributed by atoms with Crippen molar-refractivity contribution in [1.29, 1.82) is 0 Å². The van der Waals surface area contributed by atoms with Crippen molar-refractivity contribution in [2.75, 3.05) is 11.1 Å². The summed E-state index contributed by atoms with van der Waals surface area (Å²) < 4.78 is 26.5. The number of nitrogens with two attached hydrogens (primary N) is 1. The smallest absolute Gasteiger partial charge is 0.248 e. The van der Waals surface area contributed by atoms with Crippen molar-refractivity contribution in [1.82, 2.24) is 0 Å². The molecule has 7 heteroatoms. The fraction of sp³-hybridized carbons (Fsp3) is 0.125. The standard InChI is InChI=1S/C16H14F2N2O2S/c17-13-3-1-2-11(15(13)18)8-23-9-14(21)20-12-6-4-10(5-7-12)16(19)22/h1-7H,8-9H2,(H2,19,22)(H,20,21). The van der Waals surface area contributed by atoms with Crippen molar-refractivity contribution in [3.63, 3.8) is 0 Å². The summed E-state index contributed by atoms with van der Waals surface area (Å²) in [5, 5.41) is 2.64. The first kappa shape index (κ1) is 17.0. The van der Waals surface area contributed by atoms with Crippen LogP contribution in [0.2, 0.25) is 0 Å². The van der Waals surface area contributed by atoms with Crippen molar-refractivity contribution >= 4 is 29.3 Å². The van der Waals surface area contributed by atoms with Gasteiger partial charge in [0.2, 0.25) is 11.8 Å². The molecule has 0 aliphatic carbocycles. The van der Waals surface area contributed by atoms with E-state index in [2.05, 4.69) is 5.32 Å². The zero-order valence-corrected chi connectivity index (χ0v) is 12.8. The summed E-state index contributed by atoms with van der Waals surface area (Å²) in [7, 11) is 0. The van der Waals surface area contributed by atoms with Crippen molar-refractivity contribution < 1.29 is 18.4 Å². The van der Waals surface area contributed by atoms with E-state index in [1.165, 1.54) is 36.0 Å². The number of thioether (sulfide) groups is 1. The molecule has 2 aromatic rings. The Balaban J connectivity index is 1.83. The Kier molecular flexibility index (Phi) is 5.70. The van der Waals surface area contributed by atoms with E-state index >= 15 is 0 Å². The highest BCUT2D eigenvalue weighted by molar-refractivity contribution is 7.99. The zero-order chi connectivity index (χ0) is 16.8. The van der Waals surface area contributed by atoms with Gasteiger partial charge in [0.05, 0.1) is 5.75 Å². The summed E-state index contributed by atoms with van der Waals surface area (Å²) in [6.45, 7) is 0. The van der Waals surface area contributed by atoms with Gasteiger partial charge in [-0.25, -0.2) is 8.78 Å². The molecule has 4 nitrogen and oxygen atoms in total. The largest absolute Gasteiger partial charge is 0.366 e. The summed E-state index contributed by atoms with van der Waals surface area (Å²) in [5.74, 6) is -2.33. The molecule has 2 aromatic carbocycles. The van der Waals surface area contributed by atoms with Gasteiger partial charge in [-0.2, -0.15) is 0 Å². The molecule has 0 aromatic heterocycles. The van der Waals surface area contributed by atoms with E-state index < -0.39 is 17.5 Å². The zero-order valence-electron chi connectivity index (χ0n) is 12.0. The lowest BCUT2D eigenvalue weighted by Gasteiger charge is -2.06. The van der Waals surface area contributed by atoms with Crippen LogP contribution in [0.3, 0.4) is 0 Å². The van der Waals surface area contributed by atoms with Crippen LogP contribution in [0, 0.1) is 11.6 Å². The number of carbonyl (C=O) groups is 2. The number of rotatable bonds is 6. The third-order valence-electron chi connectivity index (χ3n) is 2.98. The van der Waals surface area contributed by atoms with Gasteiger partial charge in [-0.1, -0.05) is 12.1 Å². The van der Waals surface area contributed by atoms with Crippen LogP contribution < -0.4 is 11.1 Å². The average Bonchev–Trinajstić information content (AvgIpc) is 2.52. The van der Waals surface area contributed by atoms with E-state index in [1.807, 2.05) is 0 Å². The minimum absolute atomic E-state index is 0.0908. The number of benzene rings is 2. The highest BCUT2D eigenvalue weighted by Gasteiger charge is 2.09. The molecule has 23 heavy (non-hydrogen) atoms. The van der Waals surface area contributed by atoms with Gasteiger partial charge in [0, 0.05) is 22.6 Å². The summed E-state index contributed by atoms with van der Waals surface area (Å²) in [6, 6.07) is 10.1. The molecule has 0 aliphatic rings. The first-order valence-electron chi connectivity index (χ1n) is 6.67. The molecule has 0 fully saturated rings. The molecule has 0 spiro atoms. The second-order valence-electron chi connectivity index (χ2n) is 4.70. The van der Waals surface area contributed by atoms with E-state index in [0.717, 1.165) is 6.07 Å². The summed E-state index contributed by atoms with van der Waals surface area (Å²) in [6.07, 6.45) is 0. The number of amides is 2. The van der Waals surface area contributed by atoms with Crippen molar-refractivity contribution in [3.8, 4) is 0 Å². The molecule has 2 amide bonds. The highest BCUT2D eigenvalue weighted by Crippen LogP contribution is 2.18. The lowest BCUT2D eigenvalue weighted by molar-refractivity contribution is -0.113. The number of primary amides is 1. The number of carbonyl (C=O) groups excluding carboxylic acids is 2. The second-order valence-corrected chi connectivity index (χ2v) is 5.68. The van der Waals surface area contributed by atoms with Gasteiger partial charge >= 0.3 is 0 Å². The Hall–Kier alpha value is -2.41. The summed E-state index contributed by atoms with van der Waals surface area (Å²) >= 11 is 1.17. The normalized spacial score (nSPS) is 10.3. The molecule has 0 radical (unpaired) electrons. The van der Waals surface area contributed by atoms with Gasteiger partial charge in [-0.05, 0) is 30.3 Å². The number of hydrogen-bond acceptors (Lipinski definition) is 3. The van der Waals surface area contributed by atoms with Crippen molar-refractivity contribution in [3.05, 3.63) is 65.2 Å². The van der Waals surface area contributed by atoms with Crippen LogP contribution in [-0.2, 0) is 10.5 Å². The molecule has 0 bridgehead atoms. The van der Waals surface area contributed by atoms with Gasteiger partial charge in [0.15, 0.2) is 11.6 Å². The van der Waals surface area contributed by atoms with Crippen molar-refractivity contribution in [2.45, 2.75) is 5.75 Å². The molecule has 0 heterocycles. The quantitative estimate of drug-likeness (QED) is 0.852. The Bertz CT molecular complexity index is 721. The maximum absolute atomic E-state index is 13.4. The SMILES string of the molecule is NC(=O)c1ccc(NC(=O)CSCc2cccc(F)c2F)cc1. The first-order valence-corrected chi connectivity index (χ1v) is 7.83. The van der Waals surface area contributed by atoms with E-state index in [1.54, 1.807) is 12.1 Å². The Morgan fingerprint density at radius 3 is 2.43 bits per heavy atom. The fourth-order valence-electron chi connectivity index (χ4n) is 1.83. The predicted molar refractivity (Wildman–Crippen MR) is 86.1 cm³/mol. The summed E-state index contributed by atoms with van der Waals surface area (Å²) in [5.41, 5.74) is 6.21. The molecule has 3 N–H and O–H groups in total. The third kappa shape index (κ3) is 4.79. The van der Waals surface area contributed by atoms with E-state index in [4.69, 9.17) is 5.73 Å². The molecule has 0 unspecified atom stereocenters. The topological polar surface area (TPSA) is 72.2 Å². The fourth-order valence-corrected chi connectivity index (χ4v) is 2.63. The summed E-state index contributed by atoms with van der Waals surface area (Å²) in [4.78, 5) is 22.7. The number of anilines is 1. The molecular formula is C16H14F2N2O2S. The van der Waals surface area contributed by atoms with Gasteiger partial charge in [0.1, 0.15) is 0 Å². The highest BCUT2D eigenvalue weighted by atomic mass is 32.2. The van der Waals surface area contributed by atoms with Crippen LogP contribution in [0.5, 0.6) is 0 Å². The van der Waals surface area contributed by atoms with Crippen LogP contribution in [0.4, 0.5) is 14.5 Å². The second kappa shape index (κ2) is 7.73. The van der Waals surface area contributed by atoms with E-state index in [0.29, 0.717) is 11.3 Å². The first-order chi connectivity index (χ1) is 11.0. The lowest BCUT2D eigenvalue weighted by Crippen LogP contribution is -2.15. The van der Waals surface area contributed by atoms with Crippen LogP contribution in [0.25, 0.3) is 0 Å². The molecule has 2 rings (SSSR count). The van der Waals surface area contributed by atoms with Gasteiger partial charge < -0.3 is 11.1 Å². The van der Waals surface area contributed by atoms with Crippen LogP contribution in [-0.4, -0.2) is 17.6 Å². The molecule has 0 aliphatic heterocycles. The van der Waals surface area contributed by atoms with Crippen molar-refractivity contribution in [2.24, 2.45) is 5.73 Å². The lowest BCUT2D eigenvalue weighted by atomic mass is 10.2. The van der Waals surface area contributed by atoms with E-state index in [-0.39, 0.29) is 23.0 Å². The average molecular weight is 336 g/mol. The number of hydrogen-bond donors (Lipinski definition) is 2. The molecule has 0 saturated carbocycles. The van der Waals surface area contributed by atoms with Crippen LogP contribution >= 0.6 is 11.8 Å². The molecule has 0 atom stereocenters. The predicted octanol–water partition coefficient (Wildman–Crippen LogP) is 2.94.